The van der Waals surface area contributed by atoms with Crippen LogP contribution >= 0.6 is 0 Å². The summed E-state index contributed by atoms with van der Waals surface area (Å²) in [5.41, 5.74) is 3.62. The summed E-state index contributed by atoms with van der Waals surface area (Å²) in [6.07, 6.45) is 1.92. The summed E-state index contributed by atoms with van der Waals surface area (Å²) in [5, 5.41) is 5.57. The Morgan fingerprint density at radius 1 is 1.12 bits per heavy atom. The van der Waals surface area contributed by atoms with Crippen LogP contribution in [0.3, 0.4) is 0 Å². The van der Waals surface area contributed by atoms with Gasteiger partial charge in [-0.05, 0) is 48.6 Å². The van der Waals surface area contributed by atoms with Gasteiger partial charge in [0.1, 0.15) is 11.9 Å². The van der Waals surface area contributed by atoms with E-state index in [1.54, 1.807) is 12.1 Å². The number of aromatic nitrogens is 2. The molecule has 2 aromatic carbocycles. The second-order valence-corrected chi connectivity index (χ2v) is 8.61. The Labute approximate surface area is 192 Å². The van der Waals surface area contributed by atoms with E-state index in [9.17, 15) is 14.4 Å². The van der Waals surface area contributed by atoms with Crippen LogP contribution in [0.5, 0.6) is 0 Å². The fourth-order valence-electron chi connectivity index (χ4n) is 3.95. The van der Waals surface area contributed by atoms with Crippen molar-refractivity contribution >= 4 is 34.6 Å². The minimum atomic E-state index is -0.691. The van der Waals surface area contributed by atoms with Gasteiger partial charge in [-0.1, -0.05) is 38.1 Å². The lowest BCUT2D eigenvalue weighted by Crippen LogP contribution is -2.33. The van der Waals surface area contributed by atoms with Crippen LogP contribution < -0.4 is 15.5 Å². The number of aryl methyl sites for hydroxylation is 1. The topological polar surface area (TPSA) is 107 Å². The molecule has 0 unspecified atom stereocenters. The minimum absolute atomic E-state index is 0.138. The average molecular weight is 448 g/mol. The lowest BCUT2D eigenvalue weighted by atomic mass is 10.0. The van der Waals surface area contributed by atoms with Crippen molar-refractivity contribution in [2.75, 3.05) is 11.4 Å². The highest BCUT2D eigenvalue weighted by Crippen LogP contribution is 2.24. The Kier molecular flexibility index (Phi) is 6.72. The van der Waals surface area contributed by atoms with E-state index >= 15 is 0 Å². The molecule has 3 aromatic rings. The molecule has 1 fully saturated rings. The minimum Gasteiger partial charge on any atom is -0.356 e. The predicted molar refractivity (Wildman–Crippen MR) is 127 cm³/mol. The Morgan fingerprint density at radius 3 is 2.61 bits per heavy atom. The van der Waals surface area contributed by atoms with Gasteiger partial charge in [0.2, 0.25) is 5.91 Å². The third-order valence-electron chi connectivity index (χ3n) is 5.85. The molecule has 0 bridgehead atoms. The summed E-state index contributed by atoms with van der Waals surface area (Å²) in [5.74, 6) is 0.801. The summed E-state index contributed by atoms with van der Waals surface area (Å²) >= 11 is 0. The fourth-order valence-corrected chi connectivity index (χ4v) is 3.95. The number of rotatable bonds is 9. The third kappa shape index (κ3) is 5.22. The molecule has 8 heteroatoms. The highest BCUT2D eigenvalue weighted by atomic mass is 16.2. The van der Waals surface area contributed by atoms with Crippen LogP contribution in [0.15, 0.2) is 48.5 Å². The predicted octanol–water partition coefficient (Wildman–Crippen LogP) is 3.64. The molecule has 33 heavy (non-hydrogen) atoms. The molecule has 1 aromatic heterocycles. The number of amides is 4. The molecule has 0 spiro atoms. The number of hydrogen-bond donors (Lipinski definition) is 3. The SMILES string of the molecule is CC(C)c1ccc(N2C(=O)N[C@@H](CCC(=O)NCCCc3nc4ccccc4[nH]3)C2=O)cc1. The van der Waals surface area contributed by atoms with Crippen molar-refractivity contribution in [2.45, 2.75) is 51.5 Å². The number of urea groups is 1. The van der Waals surface area contributed by atoms with Crippen LogP contribution in [0.2, 0.25) is 0 Å². The molecule has 0 radical (unpaired) electrons. The van der Waals surface area contributed by atoms with Gasteiger partial charge in [-0.25, -0.2) is 14.7 Å². The third-order valence-corrected chi connectivity index (χ3v) is 5.85. The highest BCUT2D eigenvalue weighted by Gasteiger charge is 2.38. The van der Waals surface area contributed by atoms with Crippen molar-refractivity contribution in [1.29, 1.82) is 0 Å². The standard InChI is InChI=1S/C25H29N5O3/c1-16(2)17-9-11-18(12-10-17)30-24(32)21(29-25(30)33)13-14-23(31)26-15-5-8-22-27-19-6-3-4-7-20(19)28-22/h3-4,6-7,9-12,16,21H,5,8,13-15H2,1-2H3,(H,26,31)(H,27,28)(H,29,33)/t21-/m0/s1. The number of para-hydroxylation sites is 2. The van der Waals surface area contributed by atoms with Gasteiger partial charge in [-0.2, -0.15) is 0 Å². The van der Waals surface area contributed by atoms with Crippen LogP contribution in [0, 0.1) is 0 Å². The van der Waals surface area contributed by atoms with E-state index in [4.69, 9.17) is 0 Å². The number of anilines is 1. The number of benzene rings is 2. The molecule has 0 aliphatic carbocycles. The smallest absolute Gasteiger partial charge is 0.329 e. The maximum Gasteiger partial charge on any atom is 0.329 e. The van der Waals surface area contributed by atoms with E-state index in [0.717, 1.165) is 40.2 Å². The van der Waals surface area contributed by atoms with E-state index in [2.05, 4.69) is 34.4 Å². The number of imide groups is 1. The Balaban J connectivity index is 1.21. The molecule has 1 aliphatic rings. The maximum atomic E-state index is 12.7. The first kappa shape index (κ1) is 22.5. The molecule has 2 heterocycles. The highest BCUT2D eigenvalue weighted by molar-refractivity contribution is 6.21. The summed E-state index contributed by atoms with van der Waals surface area (Å²) in [7, 11) is 0. The summed E-state index contributed by atoms with van der Waals surface area (Å²) in [6.45, 7) is 4.69. The van der Waals surface area contributed by atoms with Crippen molar-refractivity contribution in [2.24, 2.45) is 0 Å². The molecular formula is C25H29N5O3. The molecule has 3 N–H and O–H groups in total. The largest absolute Gasteiger partial charge is 0.356 e. The van der Waals surface area contributed by atoms with E-state index in [-0.39, 0.29) is 24.7 Å². The van der Waals surface area contributed by atoms with Crippen LogP contribution in [-0.4, -0.2) is 40.4 Å². The van der Waals surface area contributed by atoms with Crippen LogP contribution in [0.4, 0.5) is 10.5 Å². The lowest BCUT2D eigenvalue weighted by Gasteiger charge is -2.14. The van der Waals surface area contributed by atoms with Crippen molar-refractivity contribution in [3.05, 3.63) is 59.9 Å². The van der Waals surface area contributed by atoms with Gasteiger partial charge in [-0.15, -0.1) is 0 Å². The number of hydrogen-bond acceptors (Lipinski definition) is 4. The molecule has 1 atom stereocenters. The van der Waals surface area contributed by atoms with Crippen LogP contribution in [0.25, 0.3) is 11.0 Å². The van der Waals surface area contributed by atoms with Gasteiger partial charge < -0.3 is 15.6 Å². The maximum absolute atomic E-state index is 12.7. The Hall–Kier alpha value is -3.68. The van der Waals surface area contributed by atoms with Gasteiger partial charge in [0.05, 0.1) is 16.7 Å². The molecular weight excluding hydrogens is 418 g/mol. The zero-order valence-electron chi connectivity index (χ0n) is 18.9. The molecule has 172 valence electrons. The van der Waals surface area contributed by atoms with E-state index in [1.807, 2.05) is 36.4 Å². The monoisotopic (exact) mass is 447 g/mol. The van der Waals surface area contributed by atoms with Gasteiger partial charge in [0.15, 0.2) is 0 Å². The first-order valence-electron chi connectivity index (χ1n) is 11.4. The molecule has 4 amide bonds. The Bertz CT molecular complexity index is 1120. The van der Waals surface area contributed by atoms with Gasteiger partial charge >= 0.3 is 6.03 Å². The number of imidazole rings is 1. The van der Waals surface area contributed by atoms with Crippen molar-refractivity contribution in [3.63, 3.8) is 0 Å². The molecule has 8 nitrogen and oxygen atoms in total. The second-order valence-electron chi connectivity index (χ2n) is 8.61. The molecule has 1 saturated heterocycles. The molecule has 4 rings (SSSR count). The lowest BCUT2D eigenvalue weighted by molar-refractivity contribution is -0.121. The summed E-state index contributed by atoms with van der Waals surface area (Å²) in [4.78, 5) is 46.3. The number of aromatic amines is 1. The summed E-state index contributed by atoms with van der Waals surface area (Å²) in [6, 6.07) is 14.1. The van der Waals surface area contributed by atoms with E-state index in [1.165, 1.54) is 0 Å². The van der Waals surface area contributed by atoms with Crippen molar-refractivity contribution in [3.8, 4) is 0 Å². The van der Waals surface area contributed by atoms with Crippen LogP contribution in [0.1, 0.15) is 50.4 Å². The first-order valence-corrected chi connectivity index (χ1v) is 11.4. The normalized spacial score (nSPS) is 16.0. The fraction of sp³-hybridized carbons (Fsp3) is 0.360. The van der Waals surface area contributed by atoms with E-state index in [0.29, 0.717) is 18.2 Å². The number of fused-ring (bicyclic) bond motifs is 1. The van der Waals surface area contributed by atoms with Gasteiger partial charge in [0, 0.05) is 19.4 Å². The van der Waals surface area contributed by atoms with Gasteiger partial charge in [-0.3, -0.25) is 9.59 Å². The number of carbonyl (C=O) groups excluding carboxylic acids is 3. The molecule has 1 aliphatic heterocycles. The number of H-pyrrole nitrogens is 1. The zero-order chi connectivity index (χ0) is 23.4. The quantitative estimate of drug-likeness (QED) is 0.344. The van der Waals surface area contributed by atoms with Crippen molar-refractivity contribution < 1.29 is 14.4 Å². The number of nitrogens with one attached hydrogen (secondary N) is 3. The number of carbonyl (C=O) groups is 3. The molecule has 0 saturated carbocycles. The Morgan fingerprint density at radius 2 is 1.88 bits per heavy atom. The van der Waals surface area contributed by atoms with Gasteiger partial charge in [0.25, 0.3) is 5.91 Å². The van der Waals surface area contributed by atoms with Crippen LogP contribution in [-0.2, 0) is 16.0 Å². The van der Waals surface area contributed by atoms with E-state index < -0.39 is 12.1 Å². The summed E-state index contributed by atoms with van der Waals surface area (Å²) < 4.78 is 0. The number of nitrogens with zero attached hydrogens (tertiary/aromatic N) is 2. The first-order chi connectivity index (χ1) is 15.9. The second kappa shape index (κ2) is 9.85. The zero-order valence-corrected chi connectivity index (χ0v) is 18.9. The van der Waals surface area contributed by atoms with Crippen molar-refractivity contribution in [1.82, 2.24) is 20.6 Å². The average Bonchev–Trinajstić information content (AvgIpc) is 3.35.